The third kappa shape index (κ3) is 4.29. The fraction of sp³-hybridized carbons (Fsp3) is 0. The van der Waals surface area contributed by atoms with E-state index in [0.29, 0.717) is 0 Å². The maximum Gasteiger partial charge on any atom is 0.0555 e. The third-order valence-corrected chi connectivity index (χ3v) is 11.7. The van der Waals surface area contributed by atoms with Crippen LogP contribution in [0.2, 0.25) is 0 Å². The molecule has 11 rings (SSSR count). The summed E-state index contributed by atoms with van der Waals surface area (Å²) in [4.78, 5) is 0. The van der Waals surface area contributed by atoms with Crippen molar-refractivity contribution in [1.29, 1.82) is 0 Å². The Bertz CT molecular complexity index is 3050. The van der Waals surface area contributed by atoms with Gasteiger partial charge in [0.15, 0.2) is 0 Å². The summed E-state index contributed by atoms with van der Waals surface area (Å²) in [6.07, 6.45) is 0. The number of benzene rings is 8. The standard InChI is InChI=1S/C48H30N2S/c1-2-10-31(11-3-1)34-22-27-41-45(30-34)50(44-29-28-40-39-14-6-9-17-46(39)51-48(40)47(41)44)36-25-20-33(21-26-36)32-18-23-35(24-19-32)49-42-15-7-4-12-37(42)38-13-5-8-16-43(38)49/h1-30H. The van der Waals surface area contributed by atoms with Crippen molar-refractivity contribution in [2.24, 2.45) is 0 Å². The number of hydrogen-bond acceptors (Lipinski definition) is 1. The monoisotopic (exact) mass is 666 g/mol. The van der Waals surface area contributed by atoms with Crippen LogP contribution in [-0.4, -0.2) is 9.13 Å². The number of thiophene rings is 1. The average Bonchev–Trinajstić information content (AvgIpc) is 3.86. The molecule has 0 bridgehead atoms. The molecule has 8 aromatic carbocycles. The molecule has 0 aliphatic rings. The molecule has 11 aromatic rings. The summed E-state index contributed by atoms with van der Waals surface area (Å²) in [6.45, 7) is 0. The third-order valence-electron chi connectivity index (χ3n) is 10.5. The highest BCUT2D eigenvalue weighted by Gasteiger charge is 2.18. The molecule has 0 aliphatic carbocycles. The molecule has 238 valence electrons. The van der Waals surface area contributed by atoms with Crippen LogP contribution in [0, 0.1) is 0 Å². The lowest BCUT2D eigenvalue weighted by Crippen LogP contribution is -1.95. The van der Waals surface area contributed by atoms with E-state index in [2.05, 4.69) is 191 Å². The van der Waals surface area contributed by atoms with E-state index >= 15 is 0 Å². The van der Waals surface area contributed by atoms with Crippen molar-refractivity contribution >= 4 is 75.1 Å². The van der Waals surface area contributed by atoms with Gasteiger partial charge in [0.1, 0.15) is 0 Å². The van der Waals surface area contributed by atoms with E-state index in [1.54, 1.807) is 0 Å². The van der Waals surface area contributed by atoms with E-state index in [-0.39, 0.29) is 0 Å². The Balaban J connectivity index is 1.05. The average molecular weight is 667 g/mol. The second-order valence-corrected chi connectivity index (χ2v) is 14.4. The van der Waals surface area contributed by atoms with Crippen LogP contribution in [0.3, 0.4) is 0 Å². The summed E-state index contributed by atoms with van der Waals surface area (Å²) < 4.78 is 7.51. The molecule has 2 nitrogen and oxygen atoms in total. The van der Waals surface area contributed by atoms with Crippen LogP contribution in [-0.2, 0) is 0 Å². The minimum atomic E-state index is 1.16. The first kappa shape index (κ1) is 28.4. The fourth-order valence-electron chi connectivity index (χ4n) is 8.18. The minimum absolute atomic E-state index is 1.16. The van der Waals surface area contributed by atoms with Crippen molar-refractivity contribution in [1.82, 2.24) is 9.13 Å². The topological polar surface area (TPSA) is 9.86 Å². The summed E-state index contributed by atoms with van der Waals surface area (Å²) in [7, 11) is 0. The lowest BCUT2D eigenvalue weighted by Gasteiger charge is -2.12. The van der Waals surface area contributed by atoms with Gasteiger partial charge in [-0.2, -0.15) is 0 Å². The molecule has 0 N–H and O–H groups in total. The first-order chi connectivity index (χ1) is 25.3. The molecule has 0 fully saturated rings. The molecule has 0 spiro atoms. The molecule has 0 unspecified atom stereocenters. The number of fused-ring (bicyclic) bond motifs is 10. The van der Waals surface area contributed by atoms with Crippen molar-refractivity contribution in [2.75, 3.05) is 0 Å². The van der Waals surface area contributed by atoms with Crippen LogP contribution in [0.15, 0.2) is 182 Å². The quantitative estimate of drug-likeness (QED) is 0.177. The van der Waals surface area contributed by atoms with Crippen molar-refractivity contribution in [3.8, 4) is 33.6 Å². The molecule has 3 heteroatoms. The van der Waals surface area contributed by atoms with Gasteiger partial charge in [-0.05, 0) is 76.9 Å². The Morgan fingerprint density at radius 1 is 0.314 bits per heavy atom. The molecular weight excluding hydrogens is 637 g/mol. The molecule has 0 saturated heterocycles. The zero-order valence-electron chi connectivity index (χ0n) is 27.6. The van der Waals surface area contributed by atoms with Crippen LogP contribution in [0.5, 0.6) is 0 Å². The van der Waals surface area contributed by atoms with E-state index in [0.717, 1.165) is 5.69 Å². The van der Waals surface area contributed by atoms with Crippen LogP contribution in [0.1, 0.15) is 0 Å². The normalized spacial score (nSPS) is 11.9. The molecule has 0 atom stereocenters. The maximum absolute atomic E-state index is 2.45. The van der Waals surface area contributed by atoms with Gasteiger partial charge in [0, 0.05) is 53.1 Å². The Hall–Kier alpha value is -6.42. The van der Waals surface area contributed by atoms with Gasteiger partial charge in [-0.3, -0.25) is 0 Å². The molecule has 51 heavy (non-hydrogen) atoms. The van der Waals surface area contributed by atoms with Gasteiger partial charge < -0.3 is 9.13 Å². The van der Waals surface area contributed by atoms with E-state index in [1.807, 2.05) is 11.3 Å². The molecule has 0 saturated carbocycles. The highest BCUT2D eigenvalue weighted by atomic mass is 32.1. The van der Waals surface area contributed by atoms with Gasteiger partial charge in [-0.15, -0.1) is 11.3 Å². The van der Waals surface area contributed by atoms with Crippen LogP contribution >= 0.6 is 11.3 Å². The van der Waals surface area contributed by atoms with Gasteiger partial charge >= 0.3 is 0 Å². The molecular formula is C48H30N2S. The number of rotatable bonds is 4. The first-order valence-electron chi connectivity index (χ1n) is 17.4. The molecule has 0 amide bonds. The largest absolute Gasteiger partial charge is 0.309 e. The number of nitrogens with zero attached hydrogens (tertiary/aromatic N) is 2. The fourth-order valence-corrected chi connectivity index (χ4v) is 9.44. The van der Waals surface area contributed by atoms with E-state index in [1.165, 1.54) is 91.7 Å². The zero-order chi connectivity index (χ0) is 33.5. The van der Waals surface area contributed by atoms with Crippen LogP contribution in [0.4, 0.5) is 0 Å². The van der Waals surface area contributed by atoms with E-state index < -0.39 is 0 Å². The summed E-state index contributed by atoms with van der Waals surface area (Å²) in [5.74, 6) is 0. The highest BCUT2D eigenvalue weighted by Crippen LogP contribution is 2.44. The van der Waals surface area contributed by atoms with E-state index in [9.17, 15) is 0 Å². The predicted octanol–water partition coefficient (Wildman–Crippen LogP) is 13.6. The van der Waals surface area contributed by atoms with Crippen LogP contribution < -0.4 is 0 Å². The van der Waals surface area contributed by atoms with Crippen molar-refractivity contribution in [3.63, 3.8) is 0 Å². The molecule has 3 heterocycles. The SMILES string of the molecule is c1ccc(-c2ccc3c4c5sc6ccccc6c5ccc4n(-c4ccc(-c5ccc(-n6c7ccccc7c7ccccc76)cc5)cc4)c3c2)cc1. The van der Waals surface area contributed by atoms with Gasteiger partial charge in [-0.25, -0.2) is 0 Å². The van der Waals surface area contributed by atoms with Gasteiger partial charge in [0.05, 0.1) is 22.1 Å². The van der Waals surface area contributed by atoms with Gasteiger partial charge in [0.2, 0.25) is 0 Å². The predicted molar refractivity (Wildman–Crippen MR) is 219 cm³/mol. The lowest BCUT2D eigenvalue weighted by atomic mass is 10.0. The summed E-state index contributed by atoms with van der Waals surface area (Å²) in [5.41, 5.74) is 12.1. The number of aromatic nitrogens is 2. The lowest BCUT2D eigenvalue weighted by molar-refractivity contribution is 1.18. The zero-order valence-corrected chi connectivity index (χ0v) is 28.4. The second kappa shape index (κ2) is 11.0. The molecule has 0 radical (unpaired) electrons. The van der Waals surface area contributed by atoms with Gasteiger partial charge in [0.25, 0.3) is 0 Å². The van der Waals surface area contributed by atoms with Crippen molar-refractivity contribution in [3.05, 3.63) is 182 Å². The number of hydrogen-bond donors (Lipinski definition) is 0. The Labute approximate surface area is 298 Å². The van der Waals surface area contributed by atoms with Crippen molar-refractivity contribution in [2.45, 2.75) is 0 Å². The Kier molecular flexibility index (Phi) is 6.16. The first-order valence-corrected chi connectivity index (χ1v) is 18.3. The molecule has 0 aliphatic heterocycles. The summed E-state index contributed by atoms with van der Waals surface area (Å²) in [5, 5.41) is 7.83. The Morgan fingerprint density at radius 2 is 0.824 bits per heavy atom. The second-order valence-electron chi connectivity index (χ2n) is 13.3. The summed E-state index contributed by atoms with van der Waals surface area (Å²) in [6, 6.07) is 66.5. The number of para-hydroxylation sites is 2. The minimum Gasteiger partial charge on any atom is -0.309 e. The maximum atomic E-state index is 2.45. The van der Waals surface area contributed by atoms with E-state index in [4.69, 9.17) is 0 Å². The Morgan fingerprint density at radius 3 is 1.49 bits per heavy atom. The summed E-state index contributed by atoms with van der Waals surface area (Å²) >= 11 is 1.90. The molecule has 3 aromatic heterocycles. The van der Waals surface area contributed by atoms with Crippen molar-refractivity contribution < 1.29 is 0 Å². The van der Waals surface area contributed by atoms with Gasteiger partial charge in [-0.1, -0.05) is 127 Å². The van der Waals surface area contributed by atoms with Crippen LogP contribution in [0.25, 0.3) is 97.4 Å². The highest BCUT2D eigenvalue weighted by molar-refractivity contribution is 7.26. The smallest absolute Gasteiger partial charge is 0.0555 e.